The number of hydrogen-bond donors (Lipinski definition) is 0. The van der Waals surface area contributed by atoms with Crippen LogP contribution < -0.4 is 9.47 Å². The molecule has 190 valence electrons. The molecule has 3 unspecified atom stereocenters. The average molecular weight is 505 g/mol. The van der Waals surface area contributed by atoms with Crippen LogP contribution in [0.2, 0.25) is 0 Å². The lowest BCUT2D eigenvalue weighted by Gasteiger charge is -2.36. The summed E-state index contributed by atoms with van der Waals surface area (Å²) >= 11 is 0. The van der Waals surface area contributed by atoms with Crippen LogP contribution in [0.25, 0.3) is 0 Å². The molecule has 0 N–H and O–H groups in total. The molecular weight excluding hydrogens is 476 g/mol. The van der Waals surface area contributed by atoms with Gasteiger partial charge in [0.05, 0.1) is 24.5 Å². The van der Waals surface area contributed by atoms with E-state index in [1.54, 1.807) is 79.9 Å². The number of benzene rings is 4. The molecule has 5 heteroatoms. The molecule has 0 saturated carbocycles. The first kappa shape index (κ1) is 25.2. The van der Waals surface area contributed by atoms with Crippen LogP contribution in [0.5, 0.6) is 11.5 Å². The standard InChI is InChI=1S/C33H28O5/c1-3-21-13-15-23(16-14-21)31(35)28(30(34)22-9-5-4-6-10-22)29-32(36)26-11-7-8-12-27(26)38-33(29)24-17-19-25(37-2)20-18-24/h4-20,28-29,33H,3H2,1-2H3. The predicted octanol–water partition coefficient (Wildman–Crippen LogP) is 6.57. The van der Waals surface area contributed by atoms with E-state index in [2.05, 4.69) is 0 Å². The zero-order valence-electron chi connectivity index (χ0n) is 21.3. The molecule has 0 aromatic heterocycles. The van der Waals surface area contributed by atoms with Gasteiger partial charge in [-0.05, 0) is 41.8 Å². The molecule has 5 rings (SSSR count). The number of hydrogen-bond acceptors (Lipinski definition) is 5. The number of ether oxygens (including phenoxy) is 2. The van der Waals surface area contributed by atoms with Crippen molar-refractivity contribution in [2.45, 2.75) is 19.4 Å². The molecule has 1 aliphatic heterocycles. The molecule has 0 saturated heterocycles. The van der Waals surface area contributed by atoms with E-state index in [0.717, 1.165) is 12.0 Å². The number of fused-ring (bicyclic) bond motifs is 1. The molecule has 0 fully saturated rings. The van der Waals surface area contributed by atoms with Crippen LogP contribution in [-0.4, -0.2) is 24.5 Å². The number of rotatable bonds is 8. The first-order valence-electron chi connectivity index (χ1n) is 12.7. The Labute approximate surface area is 222 Å². The predicted molar refractivity (Wildman–Crippen MR) is 145 cm³/mol. The minimum absolute atomic E-state index is 0.291. The highest BCUT2D eigenvalue weighted by atomic mass is 16.5. The summed E-state index contributed by atoms with van der Waals surface area (Å²) in [6, 6.07) is 30.0. The Morgan fingerprint density at radius 1 is 0.789 bits per heavy atom. The minimum Gasteiger partial charge on any atom is -0.497 e. The second-order valence-corrected chi connectivity index (χ2v) is 9.32. The molecule has 4 aromatic carbocycles. The fourth-order valence-electron chi connectivity index (χ4n) is 5.01. The van der Waals surface area contributed by atoms with Crippen LogP contribution in [0.4, 0.5) is 0 Å². The number of ketones is 3. The number of para-hydroxylation sites is 1. The van der Waals surface area contributed by atoms with Gasteiger partial charge < -0.3 is 9.47 Å². The van der Waals surface area contributed by atoms with Crippen molar-refractivity contribution in [1.29, 1.82) is 0 Å². The molecule has 38 heavy (non-hydrogen) atoms. The Bertz CT molecular complexity index is 1460. The molecule has 0 aliphatic carbocycles. The van der Waals surface area contributed by atoms with Crippen LogP contribution in [0.15, 0.2) is 103 Å². The van der Waals surface area contributed by atoms with Gasteiger partial charge in [0.2, 0.25) is 0 Å². The Hall–Kier alpha value is -4.51. The second-order valence-electron chi connectivity index (χ2n) is 9.32. The molecule has 4 aromatic rings. The summed E-state index contributed by atoms with van der Waals surface area (Å²) in [7, 11) is 1.58. The van der Waals surface area contributed by atoms with Gasteiger partial charge >= 0.3 is 0 Å². The highest BCUT2D eigenvalue weighted by Crippen LogP contribution is 2.44. The highest BCUT2D eigenvalue weighted by molar-refractivity contribution is 6.20. The van der Waals surface area contributed by atoms with Gasteiger partial charge in [0, 0.05) is 11.1 Å². The van der Waals surface area contributed by atoms with Gasteiger partial charge in [-0.1, -0.05) is 85.8 Å². The summed E-state index contributed by atoms with van der Waals surface area (Å²) in [6.07, 6.45) is -0.0219. The van der Waals surface area contributed by atoms with Crippen molar-refractivity contribution >= 4 is 17.3 Å². The van der Waals surface area contributed by atoms with Crippen LogP contribution in [0, 0.1) is 11.8 Å². The third kappa shape index (κ3) is 4.75. The average Bonchev–Trinajstić information content (AvgIpc) is 2.98. The summed E-state index contributed by atoms with van der Waals surface area (Å²) in [5.74, 6) is -2.36. The monoisotopic (exact) mass is 504 g/mol. The minimum atomic E-state index is -1.28. The Kier molecular flexibility index (Phi) is 7.18. The van der Waals surface area contributed by atoms with E-state index >= 15 is 0 Å². The molecule has 1 heterocycles. The van der Waals surface area contributed by atoms with Crippen molar-refractivity contribution < 1.29 is 23.9 Å². The zero-order chi connectivity index (χ0) is 26.6. The Morgan fingerprint density at radius 2 is 1.39 bits per heavy atom. The van der Waals surface area contributed by atoms with Crippen molar-refractivity contribution in [2.24, 2.45) is 11.8 Å². The van der Waals surface area contributed by atoms with Gasteiger partial charge in [-0.3, -0.25) is 14.4 Å². The quantitative estimate of drug-likeness (QED) is 0.200. The van der Waals surface area contributed by atoms with Gasteiger partial charge in [0.1, 0.15) is 17.6 Å². The summed E-state index contributed by atoms with van der Waals surface area (Å²) in [5.41, 5.74) is 2.88. The van der Waals surface area contributed by atoms with Crippen LogP contribution in [0.1, 0.15) is 55.2 Å². The summed E-state index contributed by atoms with van der Waals surface area (Å²) in [5, 5.41) is 0. The van der Waals surface area contributed by atoms with Crippen LogP contribution in [0.3, 0.4) is 0 Å². The number of carbonyl (C=O) groups is 3. The molecule has 0 bridgehead atoms. The van der Waals surface area contributed by atoms with E-state index in [1.165, 1.54) is 0 Å². The van der Waals surface area contributed by atoms with Crippen molar-refractivity contribution in [2.75, 3.05) is 7.11 Å². The Morgan fingerprint density at radius 3 is 2.03 bits per heavy atom. The van der Waals surface area contributed by atoms with Gasteiger partial charge in [-0.15, -0.1) is 0 Å². The maximum Gasteiger partial charge on any atom is 0.174 e. The highest BCUT2D eigenvalue weighted by Gasteiger charge is 2.49. The number of methoxy groups -OCH3 is 1. The lowest BCUT2D eigenvalue weighted by molar-refractivity contribution is 0.0428. The molecule has 0 radical (unpaired) electrons. The molecule has 0 amide bonds. The third-order valence-electron chi connectivity index (χ3n) is 7.11. The van der Waals surface area contributed by atoms with Crippen molar-refractivity contribution in [3.8, 4) is 11.5 Å². The largest absolute Gasteiger partial charge is 0.497 e. The van der Waals surface area contributed by atoms with Crippen LogP contribution in [-0.2, 0) is 6.42 Å². The van der Waals surface area contributed by atoms with E-state index in [0.29, 0.717) is 33.8 Å². The molecule has 5 nitrogen and oxygen atoms in total. The van der Waals surface area contributed by atoms with Crippen molar-refractivity contribution in [3.05, 3.63) is 131 Å². The summed E-state index contributed by atoms with van der Waals surface area (Å²) in [4.78, 5) is 42.3. The van der Waals surface area contributed by atoms with Crippen molar-refractivity contribution in [1.82, 2.24) is 0 Å². The molecular formula is C33H28O5. The van der Waals surface area contributed by atoms with Gasteiger partial charge in [0.25, 0.3) is 0 Å². The number of aryl methyl sites for hydroxylation is 1. The fraction of sp³-hybridized carbons (Fsp3) is 0.182. The third-order valence-corrected chi connectivity index (χ3v) is 7.11. The van der Waals surface area contributed by atoms with E-state index in [4.69, 9.17) is 9.47 Å². The fourth-order valence-corrected chi connectivity index (χ4v) is 5.01. The molecule has 3 atom stereocenters. The van der Waals surface area contributed by atoms with E-state index in [-0.39, 0.29) is 5.78 Å². The first-order chi connectivity index (χ1) is 18.5. The Balaban J connectivity index is 1.67. The normalized spacial score (nSPS) is 17.2. The van der Waals surface area contributed by atoms with E-state index < -0.39 is 29.5 Å². The number of carbonyl (C=O) groups excluding carboxylic acids is 3. The van der Waals surface area contributed by atoms with Crippen LogP contribution >= 0.6 is 0 Å². The first-order valence-corrected chi connectivity index (χ1v) is 12.7. The lowest BCUT2D eigenvalue weighted by Crippen LogP contribution is -2.43. The SMILES string of the molecule is CCc1ccc(C(=O)C(C(=O)c2ccccc2)C2C(=O)c3ccccc3OC2c2ccc(OC)cc2)cc1. The maximum absolute atomic E-state index is 14.1. The lowest BCUT2D eigenvalue weighted by atomic mass is 9.71. The maximum atomic E-state index is 14.1. The topological polar surface area (TPSA) is 69.7 Å². The summed E-state index contributed by atoms with van der Waals surface area (Å²) < 4.78 is 11.7. The van der Waals surface area contributed by atoms with E-state index in [1.807, 2.05) is 37.3 Å². The second kappa shape index (κ2) is 10.9. The summed E-state index contributed by atoms with van der Waals surface area (Å²) in [6.45, 7) is 2.04. The smallest absolute Gasteiger partial charge is 0.174 e. The molecule has 1 aliphatic rings. The molecule has 0 spiro atoms. The van der Waals surface area contributed by atoms with E-state index in [9.17, 15) is 14.4 Å². The van der Waals surface area contributed by atoms with Gasteiger partial charge in [0.15, 0.2) is 17.3 Å². The van der Waals surface area contributed by atoms with Gasteiger partial charge in [-0.25, -0.2) is 0 Å². The van der Waals surface area contributed by atoms with Crippen molar-refractivity contribution in [3.63, 3.8) is 0 Å². The number of Topliss-reactive ketones (excluding diaryl/α,β-unsaturated/α-hetero) is 3. The zero-order valence-corrected chi connectivity index (χ0v) is 21.3. The van der Waals surface area contributed by atoms with Gasteiger partial charge in [-0.2, -0.15) is 0 Å².